The van der Waals surface area contributed by atoms with Crippen molar-refractivity contribution in [2.45, 2.75) is 25.3 Å². The normalized spacial score (nSPS) is 14.2. The van der Waals surface area contributed by atoms with Gasteiger partial charge in [-0.05, 0) is 17.7 Å². The number of carboxylic acid groups (broad SMARTS) is 1. The lowest BCUT2D eigenvalue weighted by Gasteiger charge is -2.15. The van der Waals surface area contributed by atoms with Crippen LogP contribution in [0.15, 0.2) is 29.2 Å². The molecule has 1 amide bonds. The van der Waals surface area contributed by atoms with E-state index in [9.17, 15) is 18.0 Å². The summed E-state index contributed by atoms with van der Waals surface area (Å²) in [4.78, 5) is 22.8. The van der Waals surface area contributed by atoms with Gasteiger partial charge >= 0.3 is 5.97 Å². The maximum Gasteiger partial charge on any atom is 0.307 e. The lowest BCUT2D eigenvalue weighted by molar-refractivity contribution is -0.146. The molecular formula is C14H19NO5S. The Hall–Kier alpha value is -1.89. The van der Waals surface area contributed by atoms with Crippen molar-refractivity contribution in [2.24, 2.45) is 11.8 Å². The lowest BCUT2D eigenvalue weighted by Crippen LogP contribution is -2.34. The van der Waals surface area contributed by atoms with E-state index in [1.165, 1.54) is 19.1 Å². The molecule has 1 aromatic carbocycles. The van der Waals surface area contributed by atoms with Gasteiger partial charge in [0.1, 0.15) is 0 Å². The van der Waals surface area contributed by atoms with Gasteiger partial charge in [-0.15, -0.1) is 0 Å². The van der Waals surface area contributed by atoms with Gasteiger partial charge < -0.3 is 10.4 Å². The van der Waals surface area contributed by atoms with Gasteiger partial charge in [-0.25, -0.2) is 8.42 Å². The molecule has 0 aliphatic rings. The Bertz CT molecular complexity index is 621. The van der Waals surface area contributed by atoms with Crippen LogP contribution in [-0.2, 0) is 26.0 Å². The third-order valence-corrected chi connectivity index (χ3v) is 4.50. The summed E-state index contributed by atoms with van der Waals surface area (Å²) < 4.78 is 22.6. The number of hydrogen-bond donors (Lipinski definition) is 2. The number of amides is 1. The second-order valence-electron chi connectivity index (χ2n) is 5.05. The molecule has 2 unspecified atom stereocenters. The first kappa shape index (κ1) is 17.2. The average molecular weight is 313 g/mol. The van der Waals surface area contributed by atoms with E-state index in [-0.39, 0.29) is 17.3 Å². The van der Waals surface area contributed by atoms with Crippen molar-refractivity contribution < 1.29 is 23.1 Å². The molecule has 7 heteroatoms. The van der Waals surface area contributed by atoms with Crippen LogP contribution in [0.4, 0.5) is 0 Å². The third-order valence-electron chi connectivity index (χ3n) is 3.37. The number of benzene rings is 1. The Kier molecular flexibility index (Phi) is 5.48. The highest BCUT2D eigenvalue weighted by molar-refractivity contribution is 7.90. The number of nitrogens with one attached hydrogen (secondary N) is 1. The molecule has 0 bridgehead atoms. The standard InChI is InChI=1S/C14H19NO5S/c1-9(10(2)14(17)18)13(16)15-8-11-4-6-12(7-5-11)21(3,19)20/h4-7,9-10H,8H2,1-3H3,(H,15,16)(H,17,18). The van der Waals surface area contributed by atoms with Crippen LogP contribution in [0.5, 0.6) is 0 Å². The van der Waals surface area contributed by atoms with Crippen LogP contribution in [0.25, 0.3) is 0 Å². The van der Waals surface area contributed by atoms with Gasteiger partial charge in [0, 0.05) is 18.7 Å². The van der Waals surface area contributed by atoms with E-state index in [0.717, 1.165) is 11.8 Å². The maximum atomic E-state index is 11.8. The van der Waals surface area contributed by atoms with Crippen molar-refractivity contribution in [2.75, 3.05) is 6.26 Å². The van der Waals surface area contributed by atoms with Gasteiger partial charge in [-0.3, -0.25) is 9.59 Å². The van der Waals surface area contributed by atoms with Crippen molar-refractivity contribution >= 4 is 21.7 Å². The van der Waals surface area contributed by atoms with Crippen molar-refractivity contribution in [1.29, 1.82) is 0 Å². The molecular weight excluding hydrogens is 294 g/mol. The third kappa shape index (κ3) is 4.86. The van der Waals surface area contributed by atoms with E-state index in [2.05, 4.69) is 5.32 Å². The second-order valence-corrected chi connectivity index (χ2v) is 7.07. The molecule has 116 valence electrons. The molecule has 0 aliphatic carbocycles. The summed E-state index contributed by atoms with van der Waals surface area (Å²) in [5, 5.41) is 11.5. The van der Waals surface area contributed by atoms with Crippen LogP contribution in [0, 0.1) is 11.8 Å². The Balaban J connectivity index is 2.64. The van der Waals surface area contributed by atoms with Crippen LogP contribution >= 0.6 is 0 Å². The van der Waals surface area contributed by atoms with E-state index in [4.69, 9.17) is 5.11 Å². The van der Waals surface area contributed by atoms with Gasteiger partial charge in [0.05, 0.1) is 10.8 Å². The Morgan fingerprint density at radius 1 is 1.14 bits per heavy atom. The van der Waals surface area contributed by atoms with Gasteiger partial charge in [-0.2, -0.15) is 0 Å². The molecule has 2 N–H and O–H groups in total. The predicted octanol–water partition coefficient (Wildman–Crippen LogP) is 1.06. The molecule has 0 heterocycles. The molecule has 0 radical (unpaired) electrons. The van der Waals surface area contributed by atoms with E-state index in [0.29, 0.717) is 0 Å². The SMILES string of the molecule is CC(C(=O)O)C(C)C(=O)NCc1ccc(S(C)(=O)=O)cc1. The molecule has 21 heavy (non-hydrogen) atoms. The molecule has 0 spiro atoms. The molecule has 0 saturated carbocycles. The Labute approximate surface area is 124 Å². The zero-order valence-electron chi connectivity index (χ0n) is 12.2. The maximum absolute atomic E-state index is 11.8. The fraction of sp³-hybridized carbons (Fsp3) is 0.429. The summed E-state index contributed by atoms with van der Waals surface area (Å²) in [6.45, 7) is 3.26. The zero-order chi connectivity index (χ0) is 16.2. The summed E-state index contributed by atoms with van der Waals surface area (Å²) in [6.07, 6.45) is 1.12. The molecule has 2 atom stereocenters. The average Bonchev–Trinajstić information content (AvgIpc) is 2.42. The van der Waals surface area contributed by atoms with E-state index in [1.807, 2.05) is 0 Å². The Morgan fingerprint density at radius 3 is 2.10 bits per heavy atom. The molecule has 0 aliphatic heterocycles. The number of rotatable bonds is 6. The fourth-order valence-corrected chi connectivity index (χ4v) is 2.28. The second kappa shape index (κ2) is 6.71. The zero-order valence-corrected chi connectivity index (χ0v) is 13.0. The van der Waals surface area contributed by atoms with Crippen LogP contribution in [0.1, 0.15) is 19.4 Å². The van der Waals surface area contributed by atoms with Crippen LogP contribution in [0.3, 0.4) is 0 Å². The van der Waals surface area contributed by atoms with E-state index in [1.54, 1.807) is 19.1 Å². The number of sulfone groups is 1. The van der Waals surface area contributed by atoms with Crippen LogP contribution < -0.4 is 5.32 Å². The van der Waals surface area contributed by atoms with Crippen molar-refractivity contribution in [3.8, 4) is 0 Å². The topological polar surface area (TPSA) is 101 Å². The monoisotopic (exact) mass is 313 g/mol. The highest BCUT2D eigenvalue weighted by Crippen LogP contribution is 2.13. The molecule has 0 saturated heterocycles. The quantitative estimate of drug-likeness (QED) is 0.818. The van der Waals surface area contributed by atoms with Gasteiger partial charge in [0.2, 0.25) is 5.91 Å². The van der Waals surface area contributed by atoms with Gasteiger partial charge in [-0.1, -0.05) is 26.0 Å². The minimum absolute atomic E-state index is 0.213. The van der Waals surface area contributed by atoms with Crippen LogP contribution in [-0.4, -0.2) is 31.7 Å². The number of aliphatic carboxylic acids is 1. The first-order chi connectivity index (χ1) is 9.62. The summed E-state index contributed by atoms with van der Waals surface area (Å²) in [5.74, 6) is -2.78. The molecule has 0 aromatic heterocycles. The first-order valence-electron chi connectivity index (χ1n) is 6.42. The molecule has 6 nitrogen and oxygen atoms in total. The van der Waals surface area contributed by atoms with E-state index >= 15 is 0 Å². The smallest absolute Gasteiger partial charge is 0.307 e. The molecule has 1 aromatic rings. The summed E-state index contributed by atoms with van der Waals surface area (Å²) in [7, 11) is -3.24. The number of hydrogen-bond acceptors (Lipinski definition) is 4. The van der Waals surface area contributed by atoms with Crippen molar-refractivity contribution in [1.82, 2.24) is 5.32 Å². The number of carbonyl (C=O) groups excluding carboxylic acids is 1. The van der Waals surface area contributed by atoms with E-state index < -0.39 is 27.6 Å². The largest absolute Gasteiger partial charge is 0.481 e. The van der Waals surface area contributed by atoms with Crippen molar-refractivity contribution in [3.63, 3.8) is 0 Å². The predicted molar refractivity (Wildman–Crippen MR) is 77.4 cm³/mol. The van der Waals surface area contributed by atoms with Gasteiger partial charge in [0.15, 0.2) is 9.84 Å². The van der Waals surface area contributed by atoms with Crippen molar-refractivity contribution in [3.05, 3.63) is 29.8 Å². The summed E-state index contributed by atoms with van der Waals surface area (Å²) >= 11 is 0. The summed E-state index contributed by atoms with van der Waals surface area (Å²) in [6, 6.07) is 6.17. The molecule has 1 rings (SSSR count). The first-order valence-corrected chi connectivity index (χ1v) is 8.31. The lowest BCUT2D eigenvalue weighted by atomic mass is 9.95. The minimum Gasteiger partial charge on any atom is -0.481 e. The Morgan fingerprint density at radius 2 is 1.67 bits per heavy atom. The summed E-state index contributed by atoms with van der Waals surface area (Å²) in [5.41, 5.74) is 0.742. The fourth-order valence-electron chi connectivity index (χ4n) is 1.65. The highest BCUT2D eigenvalue weighted by Gasteiger charge is 2.25. The van der Waals surface area contributed by atoms with Crippen LogP contribution in [0.2, 0.25) is 0 Å². The number of carbonyl (C=O) groups is 2. The number of carboxylic acids is 1. The molecule has 0 fully saturated rings. The highest BCUT2D eigenvalue weighted by atomic mass is 32.2. The van der Waals surface area contributed by atoms with Gasteiger partial charge in [0.25, 0.3) is 0 Å². The minimum atomic E-state index is -3.24.